The molecule has 1 aromatic carbocycles. The van der Waals surface area contributed by atoms with Crippen molar-refractivity contribution in [3.63, 3.8) is 0 Å². The van der Waals surface area contributed by atoms with Gasteiger partial charge in [-0.15, -0.1) is 0 Å². The number of nitrogens with zero attached hydrogens (tertiary/aromatic N) is 2. The van der Waals surface area contributed by atoms with Gasteiger partial charge in [0.2, 0.25) is 11.7 Å². The molecule has 0 saturated heterocycles. The summed E-state index contributed by atoms with van der Waals surface area (Å²) in [7, 11) is 0. The Balaban J connectivity index is 2.29. The Morgan fingerprint density at radius 1 is 1.23 bits per heavy atom. The molecule has 160 valence electrons. The van der Waals surface area contributed by atoms with Crippen LogP contribution in [0.2, 0.25) is 0 Å². The van der Waals surface area contributed by atoms with Gasteiger partial charge in [-0.05, 0) is 69.9 Å². The maximum absolute atomic E-state index is 12.8. The van der Waals surface area contributed by atoms with Gasteiger partial charge in [-0.1, -0.05) is 6.07 Å². The van der Waals surface area contributed by atoms with E-state index in [1.54, 1.807) is 6.07 Å². The molecule has 1 aromatic heterocycles. The van der Waals surface area contributed by atoms with E-state index in [0.717, 1.165) is 15.7 Å². The molecule has 0 aliphatic carbocycles. The molecule has 2 rings (SSSR count). The third-order valence-corrected chi connectivity index (χ3v) is 4.90. The monoisotopic (exact) mass is 412 g/mol. The number of carbonyl (C=O) groups excluding carboxylic acids is 1. The second-order valence-electron chi connectivity index (χ2n) is 7.50. The Kier molecular flexibility index (Phi) is 7.79. The number of ketones is 1. The Morgan fingerprint density at radius 2 is 1.93 bits per heavy atom. The first kappa shape index (κ1) is 23.2. The summed E-state index contributed by atoms with van der Waals surface area (Å²) in [6.45, 7) is 9.39. The van der Waals surface area contributed by atoms with Crippen LogP contribution in [0.1, 0.15) is 52.9 Å². The predicted octanol–water partition coefficient (Wildman–Crippen LogP) is 3.43. The summed E-state index contributed by atoms with van der Waals surface area (Å²) in [5.74, 6) is -0.426. The van der Waals surface area contributed by atoms with E-state index in [4.69, 9.17) is 9.47 Å². The SMILES string of the molecule is Cc1ccc(OCC(=O)c2c(C)c(C#N)c(=O)n(CCCOC(C)C)c2O)cc1C. The van der Waals surface area contributed by atoms with Crippen molar-refractivity contribution in [3.8, 4) is 17.7 Å². The second kappa shape index (κ2) is 10.1. The fraction of sp³-hybridized carbons (Fsp3) is 0.435. The molecule has 0 radical (unpaired) electrons. The van der Waals surface area contributed by atoms with Crippen molar-refractivity contribution >= 4 is 5.78 Å². The smallest absolute Gasteiger partial charge is 0.271 e. The van der Waals surface area contributed by atoms with E-state index in [1.807, 2.05) is 45.9 Å². The van der Waals surface area contributed by atoms with Crippen LogP contribution in [0, 0.1) is 32.1 Å². The minimum Gasteiger partial charge on any atom is -0.494 e. The van der Waals surface area contributed by atoms with Gasteiger partial charge in [-0.3, -0.25) is 14.2 Å². The molecule has 0 atom stereocenters. The van der Waals surface area contributed by atoms with Gasteiger partial charge in [0, 0.05) is 13.2 Å². The summed E-state index contributed by atoms with van der Waals surface area (Å²) >= 11 is 0. The van der Waals surface area contributed by atoms with Crippen molar-refractivity contribution in [2.24, 2.45) is 0 Å². The molecule has 0 aliphatic rings. The maximum Gasteiger partial charge on any atom is 0.271 e. The normalized spacial score (nSPS) is 10.8. The van der Waals surface area contributed by atoms with Gasteiger partial charge in [-0.2, -0.15) is 5.26 Å². The first-order chi connectivity index (χ1) is 14.2. The first-order valence-electron chi connectivity index (χ1n) is 9.88. The third-order valence-electron chi connectivity index (χ3n) is 4.90. The van der Waals surface area contributed by atoms with Crippen LogP contribution in [-0.4, -0.2) is 34.8 Å². The summed E-state index contributed by atoms with van der Waals surface area (Å²) in [5.41, 5.74) is 1.44. The number of aryl methyl sites for hydroxylation is 2. The number of aromatic hydroxyl groups is 1. The Labute approximate surface area is 176 Å². The van der Waals surface area contributed by atoms with Crippen molar-refractivity contribution in [2.45, 2.75) is 53.7 Å². The number of aromatic nitrogens is 1. The Bertz CT molecular complexity index is 1030. The topological polar surface area (TPSA) is 102 Å². The summed E-state index contributed by atoms with van der Waals surface area (Å²) in [4.78, 5) is 25.4. The largest absolute Gasteiger partial charge is 0.494 e. The van der Waals surface area contributed by atoms with Crippen molar-refractivity contribution in [1.82, 2.24) is 4.57 Å². The zero-order chi connectivity index (χ0) is 22.4. The number of hydrogen-bond donors (Lipinski definition) is 1. The van der Waals surface area contributed by atoms with Crippen LogP contribution in [0.25, 0.3) is 0 Å². The summed E-state index contributed by atoms with van der Waals surface area (Å²) < 4.78 is 12.1. The van der Waals surface area contributed by atoms with Crippen molar-refractivity contribution < 1.29 is 19.4 Å². The van der Waals surface area contributed by atoms with Gasteiger partial charge in [0.15, 0.2) is 6.61 Å². The van der Waals surface area contributed by atoms with Crippen LogP contribution in [0.3, 0.4) is 0 Å². The van der Waals surface area contributed by atoms with E-state index in [0.29, 0.717) is 18.8 Å². The number of pyridine rings is 1. The Hall–Kier alpha value is -3.11. The van der Waals surface area contributed by atoms with E-state index >= 15 is 0 Å². The molecule has 1 heterocycles. The van der Waals surface area contributed by atoms with Gasteiger partial charge < -0.3 is 14.6 Å². The molecular weight excluding hydrogens is 384 g/mol. The lowest BCUT2D eigenvalue weighted by Gasteiger charge is -2.16. The van der Waals surface area contributed by atoms with Gasteiger partial charge in [0.25, 0.3) is 5.56 Å². The van der Waals surface area contributed by atoms with Crippen LogP contribution in [0.4, 0.5) is 0 Å². The number of hydrogen-bond acceptors (Lipinski definition) is 6. The van der Waals surface area contributed by atoms with Gasteiger partial charge in [0.1, 0.15) is 17.4 Å². The minimum atomic E-state index is -0.622. The highest BCUT2D eigenvalue weighted by molar-refractivity contribution is 6.01. The minimum absolute atomic E-state index is 0.0442. The highest BCUT2D eigenvalue weighted by Gasteiger charge is 2.24. The molecule has 0 amide bonds. The molecule has 0 aliphatic heterocycles. The van der Waals surface area contributed by atoms with Crippen LogP contribution in [0.15, 0.2) is 23.0 Å². The lowest BCUT2D eigenvalue weighted by Crippen LogP contribution is -2.28. The molecule has 0 unspecified atom stereocenters. The molecule has 30 heavy (non-hydrogen) atoms. The molecule has 1 N–H and O–H groups in total. The number of nitriles is 1. The van der Waals surface area contributed by atoms with E-state index in [2.05, 4.69) is 0 Å². The number of carbonyl (C=O) groups is 1. The molecule has 2 aromatic rings. The lowest BCUT2D eigenvalue weighted by molar-refractivity contribution is 0.0743. The number of rotatable bonds is 9. The summed E-state index contributed by atoms with van der Waals surface area (Å²) in [6, 6.07) is 7.34. The highest BCUT2D eigenvalue weighted by Crippen LogP contribution is 2.23. The molecule has 0 bridgehead atoms. The lowest BCUT2D eigenvalue weighted by atomic mass is 10.0. The maximum atomic E-state index is 12.8. The van der Waals surface area contributed by atoms with Gasteiger partial charge >= 0.3 is 0 Å². The third kappa shape index (κ3) is 5.28. The van der Waals surface area contributed by atoms with E-state index in [1.165, 1.54) is 6.92 Å². The summed E-state index contributed by atoms with van der Waals surface area (Å²) in [5, 5.41) is 20.1. The van der Waals surface area contributed by atoms with E-state index in [9.17, 15) is 20.0 Å². The fourth-order valence-electron chi connectivity index (χ4n) is 3.06. The molecule has 7 nitrogen and oxygen atoms in total. The number of Topliss-reactive ketones (excluding diaryl/α,β-unsaturated/α-hetero) is 1. The zero-order valence-electron chi connectivity index (χ0n) is 18.1. The average Bonchev–Trinajstić information content (AvgIpc) is 2.68. The second-order valence-corrected chi connectivity index (χ2v) is 7.50. The molecule has 7 heteroatoms. The fourth-order valence-corrected chi connectivity index (χ4v) is 3.06. The predicted molar refractivity (Wildman–Crippen MR) is 113 cm³/mol. The molecule has 0 spiro atoms. The zero-order valence-corrected chi connectivity index (χ0v) is 18.1. The van der Waals surface area contributed by atoms with Crippen LogP contribution in [0.5, 0.6) is 11.6 Å². The standard InChI is InChI=1S/C23H28N2O5/c1-14(2)29-10-6-9-25-22(27)19(12-24)17(5)21(23(25)28)20(26)13-30-18-8-7-15(3)16(4)11-18/h7-8,11,14,28H,6,9-10,13H2,1-5H3. The Morgan fingerprint density at radius 3 is 2.53 bits per heavy atom. The van der Waals surface area contributed by atoms with Gasteiger partial charge in [-0.25, -0.2) is 0 Å². The van der Waals surface area contributed by atoms with Crippen LogP contribution in [-0.2, 0) is 11.3 Å². The van der Waals surface area contributed by atoms with E-state index in [-0.39, 0.29) is 35.9 Å². The van der Waals surface area contributed by atoms with Crippen molar-refractivity contribution in [2.75, 3.05) is 13.2 Å². The van der Waals surface area contributed by atoms with E-state index < -0.39 is 17.2 Å². The van der Waals surface area contributed by atoms with Crippen LogP contribution >= 0.6 is 0 Å². The molecule has 0 saturated carbocycles. The average molecular weight is 412 g/mol. The first-order valence-corrected chi connectivity index (χ1v) is 9.88. The quantitative estimate of drug-likeness (QED) is 0.500. The highest BCUT2D eigenvalue weighted by atomic mass is 16.5. The summed E-state index contributed by atoms with van der Waals surface area (Å²) in [6.07, 6.45) is 0.495. The van der Waals surface area contributed by atoms with Crippen molar-refractivity contribution in [1.29, 1.82) is 5.26 Å². The molecule has 0 fully saturated rings. The van der Waals surface area contributed by atoms with Crippen LogP contribution < -0.4 is 10.3 Å². The molecular formula is C23H28N2O5. The van der Waals surface area contributed by atoms with Gasteiger partial charge in [0.05, 0.1) is 11.7 Å². The van der Waals surface area contributed by atoms with Crippen molar-refractivity contribution in [3.05, 3.63) is 56.4 Å². The number of ether oxygens (including phenoxy) is 2. The number of benzene rings is 1.